The van der Waals surface area contributed by atoms with Crippen molar-refractivity contribution in [2.75, 3.05) is 151 Å². The number of nitrogens with one attached hydrogen (secondary N) is 2. The van der Waals surface area contributed by atoms with Crippen molar-refractivity contribution in [3.63, 3.8) is 0 Å². The number of ether oxygens (including phenoxy) is 12. The molecular weight excluding hydrogens is 1600 g/mol. The molecule has 0 aliphatic carbocycles. The highest BCUT2D eigenvalue weighted by atomic mass is 16.5. The molecule has 32 heteroatoms. The van der Waals surface area contributed by atoms with Gasteiger partial charge in [-0.25, -0.2) is 0 Å². The Hall–Kier alpha value is -10.1. The van der Waals surface area contributed by atoms with Crippen molar-refractivity contribution in [2.24, 2.45) is 29.6 Å². The molecule has 678 valence electrons. The number of aromatic nitrogens is 2. The van der Waals surface area contributed by atoms with Gasteiger partial charge in [0.2, 0.25) is 0 Å². The molecule has 2 aromatic heterocycles. The van der Waals surface area contributed by atoms with Gasteiger partial charge in [-0.2, -0.15) is 0 Å². The Morgan fingerprint density at radius 1 is 0.352 bits per heavy atom. The van der Waals surface area contributed by atoms with Gasteiger partial charge in [0.05, 0.1) is 115 Å². The molecule has 7 heterocycles. The molecule has 29 nitrogen and oxygen atoms in total. The lowest BCUT2D eigenvalue weighted by atomic mass is 9.79. The summed E-state index contributed by atoms with van der Waals surface area (Å²) < 4.78 is 63.7. The summed E-state index contributed by atoms with van der Waals surface area (Å²) in [5.41, 5.74) is 5.67. The van der Waals surface area contributed by atoms with Crippen LogP contribution in [-0.4, -0.2) is 250 Å². The summed E-state index contributed by atoms with van der Waals surface area (Å²) >= 11 is 0. The van der Waals surface area contributed by atoms with E-state index in [2.05, 4.69) is 20.6 Å². The van der Waals surface area contributed by atoms with Gasteiger partial charge in [0.25, 0.3) is 0 Å². The zero-order chi connectivity index (χ0) is 90.9. The molecule has 0 saturated carbocycles. The minimum absolute atomic E-state index is 0.0268. The first-order valence-electron chi connectivity index (χ1n) is 42.5. The Balaban J connectivity index is 0.000000202. The molecule has 0 amide bonds. The molecule has 2 unspecified atom stereocenters. The minimum Gasteiger partial charge on any atom is -0.493 e. The van der Waals surface area contributed by atoms with Gasteiger partial charge in [0.1, 0.15) is 12.4 Å². The van der Waals surface area contributed by atoms with E-state index in [1.54, 1.807) is 185 Å². The number of aliphatic hydroxyl groups is 4. The Kier molecular flexibility index (Phi) is 44.1. The standard InChI is InChI=1S/2C15H24BNO4.C15H22BNO4.C14H21NO3.C14H19NO3.C14H15NO3.C6H5NO/c3*1-16(19)17-9-7-11(8-10-17)14(18)12-5-4-6-13(20-2)15(12)21-3;3*1-17-12-5-3-4-11(14(12)18-2)13(16)10-6-8-15-9-7-10;8-5-6-1-3-7-4-2-6/h2*4-6,11,14,18-19H,7-10H2,1-3H3;4-6,11,19H,7-10H2,1-3H3;3-5,10,13,15-16H,6-9H2,1-2H3;3-5,10,15H,6-9H2,1-2H3;3-9,13,16H,1-2H3;1-5H/t2*14-;;;;;/m11...../s1. The number of nitrogens with zero attached hydrogens (tertiary/aromatic N) is 5. The summed E-state index contributed by atoms with van der Waals surface area (Å²) in [6, 6.07) is 39.9. The fourth-order valence-electron chi connectivity index (χ4n) is 16.1. The Morgan fingerprint density at radius 2 is 0.616 bits per heavy atom. The van der Waals surface area contributed by atoms with Gasteiger partial charge < -0.3 is 117 Å². The van der Waals surface area contributed by atoms with Gasteiger partial charge in [-0.3, -0.25) is 24.4 Å². The first kappa shape index (κ1) is 102. The van der Waals surface area contributed by atoms with E-state index < -0.39 is 45.6 Å². The van der Waals surface area contributed by atoms with E-state index in [1.807, 2.05) is 93.3 Å². The van der Waals surface area contributed by atoms with Crippen molar-refractivity contribution in [1.29, 1.82) is 0 Å². The van der Waals surface area contributed by atoms with Crippen LogP contribution in [0.2, 0.25) is 20.5 Å². The van der Waals surface area contributed by atoms with Gasteiger partial charge >= 0.3 is 21.2 Å². The van der Waals surface area contributed by atoms with Crippen molar-refractivity contribution < 1.29 is 107 Å². The predicted octanol–water partition coefficient (Wildman–Crippen LogP) is 11.5. The maximum atomic E-state index is 12.7. The number of carbonyl (C=O) groups excluding carboxylic acids is 3. The molecule has 8 aromatic rings. The van der Waals surface area contributed by atoms with Crippen molar-refractivity contribution in [3.8, 4) is 69.0 Å². The SMILES string of the molecule is COc1cccc(C(=O)C2CCN(B(C)O)CC2)c1OC.COc1cccc(C(=O)C2CCNCC2)c1OC.COc1cccc(C(O)C2CCNCC2)c1OC.COc1cccc(C(O)c2ccncc2)c1OC.COc1cccc([C@H](O)C2CCN(B(C)O)CC2)c1OC.COc1cccc([C@H](O)C2CCN(B(C)O)CC2)c1OC.O=Cc1ccncc1. The third-order valence-electron chi connectivity index (χ3n) is 23.3. The molecule has 13 rings (SSSR count). The number of piperidine rings is 5. The van der Waals surface area contributed by atoms with Crippen LogP contribution in [0.15, 0.2) is 158 Å². The Bertz CT molecular complexity index is 4390. The van der Waals surface area contributed by atoms with Crippen LogP contribution in [-0.2, 0) is 0 Å². The van der Waals surface area contributed by atoms with Crippen LogP contribution in [0.1, 0.15) is 148 Å². The molecular formula is C93H130B3N7O22. The summed E-state index contributed by atoms with van der Waals surface area (Å²) in [5, 5.41) is 77.6. The summed E-state index contributed by atoms with van der Waals surface area (Å²) in [4.78, 5) is 48.9. The highest BCUT2D eigenvalue weighted by molar-refractivity contribution is 6.46. The molecule has 5 fully saturated rings. The lowest BCUT2D eigenvalue weighted by Crippen LogP contribution is -2.44. The smallest absolute Gasteiger partial charge is 0.376 e. The van der Waals surface area contributed by atoms with E-state index in [0.717, 1.165) is 158 Å². The lowest BCUT2D eigenvalue weighted by molar-refractivity contribution is 0.0705. The number of hydrogen-bond donors (Lipinski definition) is 9. The highest BCUT2D eigenvalue weighted by Crippen LogP contribution is 2.45. The molecule has 5 aliphatic rings. The first-order chi connectivity index (χ1) is 60.5. The summed E-state index contributed by atoms with van der Waals surface area (Å²) in [6.07, 6.45) is 13.5. The van der Waals surface area contributed by atoms with Gasteiger partial charge in [-0.05, 0) is 246 Å². The number of para-hydroxylation sites is 6. The van der Waals surface area contributed by atoms with Crippen LogP contribution in [0.4, 0.5) is 0 Å². The van der Waals surface area contributed by atoms with E-state index in [4.69, 9.17) is 56.8 Å². The van der Waals surface area contributed by atoms with E-state index in [0.29, 0.717) is 91.2 Å². The number of methoxy groups -OCH3 is 12. The zero-order valence-corrected chi connectivity index (χ0v) is 75.1. The number of aliphatic hydroxyl groups excluding tert-OH is 4. The highest BCUT2D eigenvalue weighted by Gasteiger charge is 2.36. The average molecular weight is 1730 g/mol. The molecule has 0 radical (unpaired) electrons. The third kappa shape index (κ3) is 29.0. The number of rotatable bonds is 28. The van der Waals surface area contributed by atoms with Crippen LogP contribution in [0.3, 0.4) is 0 Å². The molecule has 4 atom stereocenters. The van der Waals surface area contributed by atoms with Crippen LogP contribution in [0.25, 0.3) is 0 Å². The van der Waals surface area contributed by atoms with Crippen molar-refractivity contribution in [1.82, 2.24) is 35.0 Å². The molecule has 125 heavy (non-hydrogen) atoms. The molecule has 5 saturated heterocycles. The van der Waals surface area contributed by atoms with Crippen LogP contribution in [0.5, 0.6) is 69.0 Å². The molecule has 6 aromatic carbocycles. The topological polar surface area (TPSA) is 363 Å². The van der Waals surface area contributed by atoms with Gasteiger partial charge in [0, 0.05) is 64.4 Å². The summed E-state index contributed by atoms with van der Waals surface area (Å²) in [6.45, 7) is 13.7. The maximum absolute atomic E-state index is 12.7. The van der Waals surface area contributed by atoms with Gasteiger partial charge in [-0.1, -0.05) is 60.7 Å². The minimum atomic E-state index is -0.766. The van der Waals surface area contributed by atoms with Gasteiger partial charge in [0.15, 0.2) is 80.6 Å². The number of Topliss-reactive ketones (excluding diaryl/α,β-unsaturated/α-hetero) is 2. The monoisotopic (exact) mass is 1730 g/mol. The fourth-order valence-corrected chi connectivity index (χ4v) is 16.1. The van der Waals surface area contributed by atoms with E-state index in [-0.39, 0.29) is 41.2 Å². The van der Waals surface area contributed by atoms with Gasteiger partial charge in [-0.15, -0.1) is 0 Å². The third-order valence-corrected chi connectivity index (χ3v) is 23.3. The second-order valence-electron chi connectivity index (χ2n) is 30.6. The van der Waals surface area contributed by atoms with Crippen LogP contribution in [0, 0.1) is 29.6 Å². The number of ketones is 2. The van der Waals surface area contributed by atoms with Crippen molar-refractivity contribution in [2.45, 2.75) is 109 Å². The molecule has 0 bridgehead atoms. The Morgan fingerprint density at radius 3 is 0.912 bits per heavy atom. The summed E-state index contributed by atoms with van der Waals surface area (Å²) in [5.74, 6) is 8.10. The first-order valence-corrected chi connectivity index (χ1v) is 42.5. The molecule has 9 N–H and O–H groups in total. The zero-order valence-electron chi connectivity index (χ0n) is 75.1. The van der Waals surface area contributed by atoms with Crippen LogP contribution >= 0.6 is 0 Å². The van der Waals surface area contributed by atoms with E-state index in [1.165, 1.54) is 0 Å². The number of pyridine rings is 2. The maximum Gasteiger partial charge on any atom is 0.376 e. The van der Waals surface area contributed by atoms with Crippen molar-refractivity contribution >= 4 is 39.0 Å². The lowest BCUT2D eigenvalue weighted by Gasteiger charge is -2.35. The second kappa shape index (κ2) is 54.1. The second-order valence-corrected chi connectivity index (χ2v) is 30.6. The van der Waals surface area contributed by atoms with E-state index in [9.17, 15) is 49.9 Å². The largest absolute Gasteiger partial charge is 0.493 e. The predicted molar refractivity (Wildman–Crippen MR) is 484 cm³/mol. The Labute approximate surface area is 738 Å². The van der Waals surface area contributed by atoms with Crippen LogP contribution < -0.4 is 67.5 Å². The molecule has 5 aliphatic heterocycles. The average Bonchev–Trinajstić information content (AvgIpc) is 0.894. The number of aldehydes is 1. The van der Waals surface area contributed by atoms with E-state index >= 15 is 0 Å². The number of hydrogen-bond acceptors (Lipinski definition) is 29. The molecule has 0 spiro atoms. The fraction of sp³-hybridized carbons (Fsp3) is 0.473. The number of benzene rings is 6. The quantitative estimate of drug-likeness (QED) is 0.0125. The van der Waals surface area contributed by atoms with Crippen molar-refractivity contribution in [3.05, 3.63) is 203 Å². The summed E-state index contributed by atoms with van der Waals surface area (Å²) in [7, 11) is 17.7. The number of carbonyl (C=O) groups is 3. The normalized spacial score (nSPS) is 16.2.